The zero-order valence-electron chi connectivity index (χ0n) is 27.3. The van der Waals surface area contributed by atoms with E-state index in [1.165, 1.54) is 6.92 Å². The van der Waals surface area contributed by atoms with Gasteiger partial charge in [0, 0.05) is 33.4 Å². The maximum absolute atomic E-state index is 12.2. The Balaban J connectivity index is 2.49. The second-order valence-electron chi connectivity index (χ2n) is 11.3. The van der Waals surface area contributed by atoms with Gasteiger partial charge in [0.1, 0.15) is 12.7 Å². The molecule has 1 aliphatic heterocycles. The van der Waals surface area contributed by atoms with Crippen molar-refractivity contribution in [3.8, 4) is 0 Å². The summed E-state index contributed by atoms with van der Waals surface area (Å²) in [5.41, 5.74) is 3.17. The molecule has 12 nitrogen and oxygen atoms in total. The van der Waals surface area contributed by atoms with Crippen LogP contribution in [0.25, 0.3) is 6.08 Å². The van der Waals surface area contributed by atoms with Crippen molar-refractivity contribution >= 4 is 41.6 Å². The molecule has 0 radical (unpaired) electrons. The average Bonchev–Trinajstić information content (AvgIpc) is 2.93. The number of hydrogen-bond donors (Lipinski definition) is 2. The minimum atomic E-state index is -1.55. The van der Waals surface area contributed by atoms with Crippen molar-refractivity contribution in [1.82, 2.24) is 0 Å². The summed E-state index contributed by atoms with van der Waals surface area (Å²) < 4.78 is 33.4. The fourth-order valence-corrected chi connectivity index (χ4v) is 4.89. The normalized spacial score (nSPS) is 21.9. The van der Waals surface area contributed by atoms with Crippen LogP contribution in [-0.2, 0) is 54.0 Å². The summed E-state index contributed by atoms with van der Waals surface area (Å²) in [5.74, 6) is -4.36. The molecule has 1 aliphatic rings. The average molecular weight is 631 g/mol. The lowest BCUT2D eigenvalue weighted by Crippen LogP contribution is -2.63. The molecule has 6 unspecified atom stereocenters. The molecule has 1 aromatic rings. The molecule has 2 rings (SSSR count). The van der Waals surface area contributed by atoms with Crippen LogP contribution in [0.1, 0.15) is 78.0 Å². The maximum atomic E-state index is 12.2. The lowest BCUT2D eigenvalue weighted by molar-refractivity contribution is -0.292. The molecule has 12 heteroatoms. The van der Waals surface area contributed by atoms with Gasteiger partial charge in [-0.2, -0.15) is 0 Å². The monoisotopic (exact) mass is 630 g/mol. The number of aryl methyl sites for hydroxylation is 1. The summed E-state index contributed by atoms with van der Waals surface area (Å²) in [6.07, 6.45) is -0.552. The number of esters is 4. The predicted octanol–water partition coefficient (Wildman–Crippen LogP) is 4.72. The van der Waals surface area contributed by atoms with Crippen molar-refractivity contribution in [2.45, 2.75) is 105 Å². The van der Waals surface area contributed by atoms with E-state index in [-0.39, 0.29) is 23.9 Å². The Kier molecular flexibility index (Phi) is 14.4. The number of rotatable bonds is 14. The van der Waals surface area contributed by atoms with Gasteiger partial charge < -0.3 is 33.8 Å². The topological polar surface area (TPSA) is 171 Å². The number of carbonyl (C=O) groups is 4. The van der Waals surface area contributed by atoms with Gasteiger partial charge in [0.15, 0.2) is 18.1 Å². The third kappa shape index (κ3) is 11.4. The molecule has 0 saturated carbocycles. The molecule has 248 valence electrons. The first-order valence-corrected chi connectivity index (χ1v) is 15.0. The molecule has 1 aromatic carbocycles. The first kappa shape index (κ1) is 37.1. The molecule has 0 bridgehead atoms. The fraction of sp³-hybridized carbons (Fsp3) is 0.576. The van der Waals surface area contributed by atoms with Crippen molar-refractivity contribution < 1.29 is 47.6 Å². The number of unbranched alkanes of at least 4 members (excludes halogenated alkanes) is 1. The Hall–Kier alpha value is -4.06. The van der Waals surface area contributed by atoms with Gasteiger partial charge in [-0.1, -0.05) is 57.5 Å². The van der Waals surface area contributed by atoms with E-state index in [0.717, 1.165) is 50.3 Å². The van der Waals surface area contributed by atoms with Gasteiger partial charge >= 0.3 is 23.9 Å². The quantitative estimate of drug-likeness (QED) is 0.127. The van der Waals surface area contributed by atoms with Crippen molar-refractivity contribution in [2.75, 3.05) is 6.61 Å². The maximum Gasteiger partial charge on any atom is 0.303 e. The van der Waals surface area contributed by atoms with Crippen LogP contribution in [0.3, 0.4) is 0 Å². The highest BCUT2D eigenvalue weighted by Gasteiger charge is 2.54. The van der Waals surface area contributed by atoms with Gasteiger partial charge in [0.05, 0.1) is 5.92 Å². The molecule has 45 heavy (non-hydrogen) atoms. The first-order valence-electron chi connectivity index (χ1n) is 15.0. The largest absolute Gasteiger partial charge is 0.463 e. The minimum Gasteiger partial charge on any atom is -0.463 e. The summed E-state index contributed by atoms with van der Waals surface area (Å²) in [5, 5.41) is 17.8. The zero-order chi connectivity index (χ0) is 33.8. The summed E-state index contributed by atoms with van der Waals surface area (Å²) in [4.78, 5) is 47.9. The van der Waals surface area contributed by atoms with E-state index in [9.17, 15) is 19.2 Å². The highest BCUT2D eigenvalue weighted by atomic mass is 16.7. The van der Waals surface area contributed by atoms with Gasteiger partial charge in [-0.15, -0.1) is 0 Å². The molecule has 2 N–H and O–H groups in total. The smallest absolute Gasteiger partial charge is 0.303 e. The Morgan fingerprint density at radius 3 is 2.02 bits per heavy atom. The summed E-state index contributed by atoms with van der Waals surface area (Å²) in [6.45, 7) is 11.9. The lowest BCUT2D eigenvalue weighted by atomic mass is 9.86. The van der Waals surface area contributed by atoms with Gasteiger partial charge in [-0.25, -0.2) is 0 Å². The minimum absolute atomic E-state index is 0.231. The number of ether oxygens (including phenoxy) is 6. The Labute approximate surface area is 264 Å². The molecular formula is C33H46N2O10. The van der Waals surface area contributed by atoms with E-state index in [0.29, 0.717) is 0 Å². The summed E-state index contributed by atoms with van der Waals surface area (Å²) in [7, 11) is 0. The Morgan fingerprint density at radius 1 is 0.889 bits per heavy atom. The fourth-order valence-electron chi connectivity index (χ4n) is 4.89. The number of benzene rings is 1. The molecule has 0 spiro atoms. The van der Waals surface area contributed by atoms with E-state index >= 15 is 0 Å². The van der Waals surface area contributed by atoms with Crippen LogP contribution in [-0.4, -0.2) is 72.8 Å². The third-order valence-corrected chi connectivity index (χ3v) is 7.06. The second-order valence-corrected chi connectivity index (χ2v) is 11.3. The van der Waals surface area contributed by atoms with Crippen LogP contribution in [0.4, 0.5) is 0 Å². The van der Waals surface area contributed by atoms with Crippen LogP contribution in [0, 0.1) is 29.6 Å². The second kappa shape index (κ2) is 17.4. The van der Waals surface area contributed by atoms with Crippen molar-refractivity contribution in [3.63, 3.8) is 0 Å². The van der Waals surface area contributed by atoms with E-state index in [1.54, 1.807) is 0 Å². The van der Waals surface area contributed by atoms with Crippen molar-refractivity contribution in [1.29, 1.82) is 10.8 Å². The number of nitrogens with one attached hydrogen (secondary N) is 2. The molecule has 0 aromatic heterocycles. The first-order chi connectivity index (χ1) is 21.1. The van der Waals surface area contributed by atoms with Crippen LogP contribution in [0.15, 0.2) is 24.3 Å². The molecule has 6 atom stereocenters. The van der Waals surface area contributed by atoms with E-state index in [2.05, 4.69) is 19.1 Å². The SMILES string of the molecule is CCCC=Cc1ccc(CC(C(=N)OC2OC(COC(C)=O)C(OC(C)=O)C(OC(C)=O)C2OC(C)=O)C(=N)C(C)C)c(C)c1. The standard InChI is InChI=1S/C33H46N2O10/c1-9-10-11-12-24-13-14-25(19(4)15-24)16-26(28(34)18(2)3)32(35)45-33-31(43-23(8)39)30(42-22(7)38)29(41-21(6)37)27(44-33)17-40-20(5)36/h11-15,18,26-27,29-31,33-35H,9-10,16-17H2,1-8H3. The van der Waals surface area contributed by atoms with Crippen molar-refractivity contribution in [3.05, 3.63) is 41.0 Å². The number of hydrogen-bond acceptors (Lipinski definition) is 12. The Bertz CT molecular complexity index is 1270. The summed E-state index contributed by atoms with van der Waals surface area (Å²) in [6, 6.07) is 5.99. The molecule has 0 aliphatic carbocycles. The highest BCUT2D eigenvalue weighted by Crippen LogP contribution is 2.31. The molecule has 1 saturated heterocycles. The van der Waals surface area contributed by atoms with Crippen LogP contribution >= 0.6 is 0 Å². The van der Waals surface area contributed by atoms with Gasteiger partial charge in [0.25, 0.3) is 0 Å². The van der Waals surface area contributed by atoms with Gasteiger partial charge in [0.2, 0.25) is 12.4 Å². The number of carbonyl (C=O) groups excluding carboxylic acids is 4. The van der Waals surface area contributed by atoms with Gasteiger partial charge in [-0.3, -0.25) is 24.6 Å². The highest BCUT2D eigenvalue weighted by molar-refractivity contribution is 6.02. The molecule has 1 fully saturated rings. The van der Waals surface area contributed by atoms with Crippen LogP contribution < -0.4 is 0 Å². The van der Waals surface area contributed by atoms with Crippen molar-refractivity contribution in [2.24, 2.45) is 11.8 Å². The lowest BCUT2D eigenvalue weighted by Gasteiger charge is -2.44. The van der Waals surface area contributed by atoms with E-state index in [1.807, 2.05) is 39.0 Å². The molecule has 0 amide bonds. The molecule has 1 heterocycles. The predicted molar refractivity (Wildman–Crippen MR) is 166 cm³/mol. The van der Waals surface area contributed by atoms with Gasteiger partial charge in [-0.05, 0) is 42.4 Å². The van der Waals surface area contributed by atoms with E-state index < -0.39 is 67.1 Å². The summed E-state index contributed by atoms with van der Waals surface area (Å²) >= 11 is 0. The number of allylic oxidation sites excluding steroid dienone is 1. The molecular weight excluding hydrogens is 584 g/mol. The zero-order valence-corrected chi connectivity index (χ0v) is 27.3. The third-order valence-electron chi connectivity index (χ3n) is 7.06. The van der Waals surface area contributed by atoms with Crippen LogP contribution in [0.2, 0.25) is 0 Å². The Morgan fingerprint density at radius 2 is 1.49 bits per heavy atom. The van der Waals surface area contributed by atoms with E-state index in [4.69, 9.17) is 39.2 Å². The van der Waals surface area contributed by atoms with Crippen LogP contribution in [0.5, 0.6) is 0 Å².